The Balaban J connectivity index is 2.23. The highest BCUT2D eigenvalue weighted by atomic mass is 16.5. The summed E-state index contributed by atoms with van der Waals surface area (Å²) in [5.74, 6) is 1.72. The van der Waals surface area contributed by atoms with Crippen LogP contribution in [-0.4, -0.2) is 20.0 Å². The topological polar surface area (TPSA) is 35.5 Å². The number of hydrogen-bond donors (Lipinski definition) is 0. The zero-order valence-corrected chi connectivity index (χ0v) is 13.1. The van der Waals surface area contributed by atoms with Crippen LogP contribution in [0, 0.1) is 5.41 Å². The lowest BCUT2D eigenvalue weighted by atomic mass is 9.77. The molecule has 0 spiro atoms. The van der Waals surface area contributed by atoms with E-state index < -0.39 is 0 Å². The number of allylic oxidation sites excluding steroid dienone is 3. The van der Waals surface area contributed by atoms with Crippen molar-refractivity contribution in [2.24, 2.45) is 5.41 Å². The quantitative estimate of drug-likeness (QED) is 0.838. The van der Waals surface area contributed by atoms with Crippen LogP contribution in [0.3, 0.4) is 0 Å². The fourth-order valence-corrected chi connectivity index (χ4v) is 2.66. The standard InChI is InChI=1S/C18H22O3/c1-18(2)11-13(9-15(19)12-18)5-6-14-7-8-16(20-3)10-17(14)21-4/h5-10H,11-12H2,1-4H3/b6-5+. The molecule has 1 aromatic rings. The molecule has 0 unspecified atom stereocenters. The van der Waals surface area contributed by atoms with Gasteiger partial charge in [-0.05, 0) is 35.6 Å². The van der Waals surface area contributed by atoms with Gasteiger partial charge < -0.3 is 9.47 Å². The van der Waals surface area contributed by atoms with E-state index in [1.165, 1.54) is 0 Å². The molecule has 3 nitrogen and oxygen atoms in total. The minimum absolute atomic E-state index is 0.0372. The van der Waals surface area contributed by atoms with Crippen molar-refractivity contribution in [3.8, 4) is 11.5 Å². The van der Waals surface area contributed by atoms with Crippen molar-refractivity contribution in [2.75, 3.05) is 14.2 Å². The molecule has 0 aliphatic heterocycles. The average Bonchev–Trinajstić information content (AvgIpc) is 2.42. The van der Waals surface area contributed by atoms with Gasteiger partial charge in [-0.3, -0.25) is 4.79 Å². The summed E-state index contributed by atoms with van der Waals surface area (Å²) in [4.78, 5) is 11.8. The Morgan fingerprint density at radius 3 is 2.48 bits per heavy atom. The number of benzene rings is 1. The van der Waals surface area contributed by atoms with Crippen molar-refractivity contribution in [3.63, 3.8) is 0 Å². The molecule has 2 rings (SSSR count). The number of rotatable bonds is 4. The van der Waals surface area contributed by atoms with E-state index in [1.807, 2.05) is 30.4 Å². The van der Waals surface area contributed by atoms with Crippen molar-refractivity contribution < 1.29 is 14.3 Å². The van der Waals surface area contributed by atoms with Crippen LogP contribution in [0.5, 0.6) is 11.5 Å². The Morgan fingerprint density at radius 1 is 1.10 bits per heavy atom. The maximum atomic E-state index is 11.8. The van der Waals surface area contributed by atoms with Crippen LogP contribution in [0.4, 0.5) is 0 Å². The minimum Gasteiger partial charge on any atom is -0.497 e. The Kier molecular flexibility index (Phi) is 4.51. The molecule has 0 saturated heterocycles. The summed E-state index contributed by atoms with van der Waals surface area (Å²) >= 11 is 0. The lowest BCUT2D eigenvalue weighted by molar-refractivity contribution is -0.116. The highest BCUT2D eigenvalue weighted by Crippen LogP contribution is 2.34. The third-order valence-corrected chi connectivity index (χ3v) is 3.60. The van der Waals surface area contributed by atoms with Gasteiger partial charge in [0.15, 0.2) is 5.78 Å². The van der Waals surface area contributed by atoms with Gasteiger partial charge in [0.1, 0.15) is 11.5 Å². The van der Waals surface area contributed by atoms with Crippen molar-refractivity contribution in [3.05, 3.63) is 41.5 Å². The highest BCUT2D eigenvalue weighted by molar-refractivity contribution is 5.92. The molecule has 1 aromatic carbocycles. The van der Waals surface area contributed by atoms with E-state index in [1.54, 1.807) is 20.3 Å². The molecule has 3 heteroatoms. The lowest BCUT2D eigenvalue weighted by Gasteiger charge is -2.27. The molecule has 0 bridgehead atoms. The van der Waals surface area contributed by atoms with E-state index in [0.29, 0.717) is 6.42 Å². The smallest absolute Gasteiger partial charge is 0.156 e. The molecule has 0 atom stereocenters. The fourth-order valence-electron chi connectivity index (χ4n) is 2.66. The van der Waals surface area contributed by atoms with Gasteiger partial charge in [-0.25, -0.2) is 0 Å². The van der Waals surface area contributed by atoms with E-state index in [2.05, 4.69) is 13.8 Å². The molecule has 0 fully saturated rings. The number of carbonyl (C=O) groups is 1. The van der Waals surface area contributed by atoms with E-state index in [4.69, 9.17) is 9.47 Å². The number of ketones is 1. The van der Waals surface area contributed by atoms with Crippen LogP contribution >= 0.6 is 0 Å². The molecule has 0 saturated carbocycles. The third-order valence-electron chi connectivity index (χ3n) is 3.60. The molecule has 21 heavy (non-hydrogen) atoms. The van der Waals surface area contributed by atoms with E-state index in [0.717, 1.165) is 29.1 Å². The first kappa shape index (κ1) is 15.4. The van der Waals surface area contributed by atoms with Gasteiger partial charge in [0.05, 0.1) is 14.2 Å². The zero-order chi connectivity index (χ0) is 15.5. The molecule has 0 N–H and O–H groups in total. The molecule has 1 aliphatic rings. The second-order valence-corrected chi connectivity index (χ2v) is 6.14. The zero-order valence-electron chi connectivity index (χ0n) is 13.1. The van der Waals surface area contributed by atoms with Crippen LogP contribution in [0.1, 0.15) is 32.3 Å². The van der Waals surface area contributed by atoms with Gasteiger partial charge in [-0.1, -0.05) is 26.0 Å². The molecule has 1 aliphatic carbocycles. The average molecular weight is 286 g/mol. The second-order valence-electron chi connectivity index (χ2n) is 6.14. The second kappa shape index (κ2) is 6.17. The Hall–Kier alpha value is -2.03. The van der Waals surface area contributed by atoms with Crippen molar-refractivity contribution >= 4 is 11.9 Å². The maximum absolute atomic E-state index is 11.8. The number of methoxy groups -OCH3 is 2. The summed E-state index contributed by atoms with van der Waals surface area (Å²) in [6, 6.07) is 5.70. The van der Waals surface area contributed by atoms with Crippen LogP contribution < -0.4 is 9.47 Å². The predicted octanol–water partition coefficient (Wildman–Crippen LogP) is 4.03. The number of hydrogen-bond acceptors (Lipinski definition) is 3. The van der Waals surface area contributed by atoms with Crippen molar-refractivity contribution in [1.29, 1.82) is 0 Å². The Morgan fingerprint density at radius 2 is 1.86 bits per heavy atom. The molecule has 0 radical (unpaired) electrons. The summed E-state index contributed by atoms with van der Waals surface area (Å²) in [7, 11) is 3.27. The SMILES string of the molecule is COc1ccc(/C=C/C2=CC(=O)CC(C)(C)C2)c(OC)c1. The summed E-state index contributed by atoms with van der Waals surface area (Å²) in [5.41, 5.74) is 2.07. The van der Waals surface area contributed by atoms with Gasteiger partial charge in [0, 0.05) is 18.1 Å². The van der Waals surface area contributed by atoms with Gasteiger partial charge in [-0.15, -0.1) is 0 Å². The van der Waals surface area contributed by atoms with Crippen molar-refractivity contribution in [2.45, 2.75) is 26.7 Å². The van der Waals surface area contributed by atoms with Gasteiger partial charge in [0.25, 0.3) is 0 Å². The first-order valence-electron chi connectivity index (χ1n) is 7.07. The van der Waals surface area contributed by atoms with Crippen LogP contribution in [0.15, 0.2) is 35.9 Å². The van der Waals surface area contributed by atoms with Crippen LogP contribution in [0.2, 0.25) is 0 Å². The molecule has 0 aromatic heterocycles. The highest BCUT2D eigenvalue weighted by Gasteiger charge is 2.26. The Bertz CT molecular complexity index is 594. The molecular weight excluding hydrogens is 264 g/mol. The van der Waals surface area contributed by atoms with E-state index in [-0.39, 0.29) is 11.2 Å². The maximum Gasteiger partial charge on any atom is 0.156 e. The third kappa shape index (κ3) is 3.97. The summed E-state index contributed by atoms with van der Waals surface area (Å²) < 4.78 is 10.6. The fraction of sp³-hybridized carbons (Fsp3) is 0.389. The van der Waals surface area contributed by atoms with E-state index in [9.17, 15) is 4.79 Å². The van der Waals surface area contributed by atoms with Crippen LogP contribution in [-0.2, 0) is 4.79 Å². The monoisotopic (exact) mass is 286 g/mol. The first-order chi connectivity index (χ1) is 9.93. The van der Waals surface area contributed by atoms with Crippen molar-refractivity contribution in [1.82, 2.24) is 0 Å². The van der Waals surface area contributed by atoms with Gasteiger partial charge >= 0.3 is 0 Å². The summed E-state index contributed by atoms with van der Waals surface area (Å²) in [5, 5.41) is 0. The Labute approximate surface area is 126 Å². The first-order valence-corrected chi connectivity index (χ1v) is 7.07. The molecular formula is C18H22O3. The predicted molar refractivity (Wildman–Crippen MR) is 84.7 cm³/mol. The molecule has 0 heterocycles. The van der Waals surface area contributed by atoms with Gasteiger partial charge in [-0.2, -0.15) is 0 Å². The minimum atomic E-state index is 0.0372. The summed E-state index contributed by atoms with van der Waals surface area (Å²) in [6.45, 7) is 4.25. The van der Waals surface area contributed by atoms with E-state index >= 15 is 0 Å². The largest absolute Gasteiger partial charge is 0.497 e. The molecule has 0 amide bonds. The van der Waals surface area contributed by atoms with Crippen LogP contribution in [0.25, 0.3) is 6.08 Å². The number of ether oxygens (including phenoxy) is 2. The lowest BCUT2D eigenvalue weighted by Crippen LogP contribution is -2.21. The van der Waals surface area contributed by atoms with Gasteiger partial charge in [0.2, 0.25) is 0 Å². The number of carbonyl (C=O) groups excluding carboxylic acids is 1. The summed E-state index contributed by atoms with van der Waals surface area (Å²) in [6.07, 6.45) is 7.27. The normalized spacial score (nSPS) is 17.7. The molecule has 112 valence electrons.